The molecule has 4 nitrogen and oxygen atoms in total. The van der Waals surface area contributed by atoms with Gasteiger partial charge in [-0.25, -0.2) is 0 Å². The van der Waals surface area contributed by atoms with E-state index < -0.39 is 8.80 Å². The van der Waals surface area contributed by atoms with Crippen molar-refractivity contribution in [3.8, 4) is 0 Å². The first kappa shape index (κ1) is 24.1. The minimum Gasteiger partial charge on any atom is -0.373 e. The van der Waals surface area contributed by atoms with Crippen LogP contribution < -0.4 is 5.73 Å². The molecule has 0 amide bonds. The zero-order chi connectivity index (χ0) is 18.3. The molecule has 0 spiro atoms. The van der Waals surface area contributed by atoms with E-state index in [9.17, 15) is 0 Å². The van der Waals surface area contributed by atoms with E-state index in [0.29, 0.717) is 5.92 Å². The Balaban J connectivity index is 5.07. The first-order valence-corrected chi connectivity index (χ1v) is 12.2. The summed E-state index contributed by atoms with van der Waals surface area (Å²) in [6.45, 7) is 13.1. The molecular weight excluding hydrogens is 318 g/mol. The standard InChI is InChI=1S/C19H43NO3Si/c1-6-11-14-21-24(22-15-12-7-2,23-16-13-8-3)17-18(9-4)19(20)10-5/h18-19H,6-17,20H2,1-5H3. The Morgan fingerprint density at radius 2 is 1.12 bits per heavy atom. The molecule has 0 aromatic rings. The van der Waals surface area contributed by atoms with Crippen molar-refractivity contribution >= 4 is 8.80 Å². The Morgan fingerprint density at radius 3 is 1.42 bits per heavy atom. The summed E-state index contributed by atoms with van der Waals surface area (Å²) in [7, 11) is -2.65. The third-order valence-electron chi connectivity index (χ3n) is 4.57. The third kappa shape index (κ3) is 10.1. The van der Waals surface area contributed by atoms with Crippen molar-refractivity contribution in [2.24, 2.45) is 11.7 Å². The van der Waals surface area contributed by atoms with Gasteiger partial charge in [-0.05, 0) is 31.6 Å². The van der Waals surface area contributed by atoms with E-state index >= 15 is 0 Å². The molecule has 0 aromatic carbocycles. The highest BCUT2D eigenvalue weighted by Crippen LogP contribution is 2.27. The second-order valence-electron chi connectivity index (χ2n) is 6.73. The highest BCUT2D eigenvalue weighted by Gasteiger charge is 2.44. The van der Waals surface area contributed by atoms with Crippen LogP contribution in [0.3, 0.4) is 0 Å². The molecule has 0 bridgehead atoms. The van der Waals surface area contributed by atoms with Crippen LogP contribution in [0.5, 0.6) is 0 Å². The molecule has 5 heteroatoms. The fourth-order valence-corrected chi connectivity index (χ4v) is 5.87. The van der Waals surface area contributed by atoms with Gasteiger partial charge in [-0.1, -0.05) is 60.3 Å². The molecule has 0 aliphatic carbocycles. The Hall–Kier alpha value is 0.0569. The third-order valence-corrected chi connectivity index (χ3v) is 7.53. The van der Waals surface area contributed by atoms with Crippen LogP contribution in [0, 0.1) is 5.92 Å². The zero-order valence-corrected chi connectivity index (χ0v) is 17.9. The van der Waals surface area contributed by atoms with Gasteiger partial charge in [0.05, 0.1) is 0 Å². The van der Waals surface area contributed by atoms with Gasteiger partial charge in [0, 0.05) is 31.9 Å². The van der Waals surface area contributed by atoms with Crippen LogP contribution in [-0.2, 0) is 13.3 Å². The molecule has 2 N–H and O–H groups in total. The lowest BCUT2D eigenvalue weighted by molar-refractivity contribution is 0.0510. The number of hydrogen-bond donors (Lipinski definition) is 1. The van der Waals surface area contributed by atoms with Crippen molar-refractivity contribution in [2.45, 2.75) is 98.1 Å². The lowest BCUT2D eigenvalue weighted by atomic mass is 9.98. The predicted molar refractivity (Wildman–Crippen MR) is 105 cm³/mol. The predicted octanol–water partition coefficient (Wildman–Crippen LogP) is 5.14. The van der Waals surface area contributed by atoms with E-state index in [1.54, 1.807) is 0 Å². The lowest BCUT2D eigenvalue weighted by Crippen LogP contribution is -2.50. The molecule has 0 saturated carbocycles. The molecular formula is C19H43NO3Si. The Morgan fingerprint density at radius 1 is 0.708 bits per heavy atom. The van der Waals surface area contributed by atoms with E-state index in [-0.39, 0.29) is 6.04 Å². The van der Waals surface area contributed by atoms with Gasteiger partial charge in [0.25, 0.3) is 0 Å². The normalized spacial score (nSPS) is 14.8. The first-order valence-electron chi connectivity index (χ1n) is 10.3. The van der Waals surface area contributed by atoms with Gasteiger partial charge in [-0.3, -0.25) is 0 Å². The summed E-state index contributed by atoms with van der Waals surface area (Å²) < 4.78 is 19.0. The van der Waals surface area contributed by atoms with Crippen molar-refractivity contribution in [3.63, 3.8) is 0 Å². The topological polar surface area (TPSA) is 53.7 Å². The molecule has 0 heterocycles. The lowest BCUT2D eigenvalue weighted by Gasteiger charge is -2.34. The minimum atomic E-state index is -2.65. The smallest absolute Gasteiger partial charge is 0.373 e. The number of rotatable bonds is 17. The van der Waals surface area contributed by atoms with Crippen LogP contribution in [0.25, 0.3) is 0 Å². The Bertz CT molecular complexity index is 253. The van der Waals surface area contributed by atoms with E-state index in [1.165, 1.54) is 0 Å². The molecule has 0 aliphatic heterocycles. The molecule has 0 aliphatic rings. The van der Waals surface area contributed by atoms with Crippen molar-refractivity contribution in [1.82, 2.24) is 0 Å². The Kier molecular flexibility index (Phi) is 15.4. The van der Waals surface area contributed by atoms with Crippen LogP contribution in [-0.4, -0.2) is 34.7 Å². The van der Waals surface area contributed by atoms with Gasteiger partial charge >= 0.3 is 8.80 Å². The van der Waals surface area contributed by atoms with Gasteiger partial charge in [-0.2, -0.15) is 0 Å². The second-order valence-corrected chi connectivity index (χ2v) is 9.37. The van der Waals surface area contributed by atoms with Crippen molar-refractivity contribution < 1.29 is 13.3 Å². The summed E-state index contributed by atoms with van der Waals surface area (Å²) >= 11 is 0. The first-order chi connectivity index (χ1) is 11.6. The summed E-state index contributed by atoms with van der Waals surface area (Å²) in [4.78, 5) is 0. The average Bonchev–Trinajstić information content (AvgIpc) is 2.59. The quantitative estimate of drug-likeness (QED) is 0.288. The summed E-state index contributed by atoms with van der Waals surface area (Å²) in [6.07, 6.45) is 8.58. The van der Waals surface area contributed by atoms with Gasteiger partial charge in [0.15, 0.2) is 0 Å². The average molecular weight is 362 g/mol. The number of unbranched alkanes of at least 4 members (excludes halogenated alkanes) is 3. The largest absolute Gasteiger partial charge is 0.501 e. The van der Waals surface area contributed by atoms with Crippen LogP contribution in [0.15, 0.2) is 0 Å². The molecule has 24 heavy (non-hydrogen) atoms. The zero-order valence-electron chi connectivity index (χ0n) is 16.9. The van der Waals surface area contributed by atoms with Crippen LogP contribution in [0.1, 0.15) is 86.0 Å². The number of hydrogen-bond acceptors (Lipinski definition) is 4. The molecule has 2 atom stereocenters. The maximum absolute atomic E-state index is 6.35. The van der Waals surface area contributed by atoms with Crippen LogP contribution in [0.2, 0.25) is 6.04 Å². The van der Waals surface area contributed by atoms with Gasteiger partial charge in [-0.15, -0.1) is 0 Å². The molecule has 0 saturated heterocycles. The second kappa shape index (κ2) is 15.3. The summed E-state index contributed by atoms with van der Waals surface area (Å²) in [5.74, 6) is 0.409. The van der Waals surface area contributed by atoms with Gasteiger partial charge < -0.3 is 19.0 Å². The molecule has 0 aromatic heterocycles. The van der Waals surface area contributed by atoms with E-state index in [2.05, 4.69) is 34.6 Å². The fraction of sp³-hybridized carbons (Fsp3) is 1.00. The summed E-state index contributed by atoms with van der Waals surface area (Å²) in [6, 6.07) is 1.05. The molecule has 0 radical (unpaired) electrons. The van der Waals surface area contributed by atoms with E-state index in [4.69, 9.17) is 19.0 Å². The number of nitrogens with two attached hydrogens (primary N) is 1. The maximum Gasteiger partial charge on any atom is 0.501 e. The van der Waals surface area contributed by atoms with Crippen molar-refractivity contribution in [2.75, 3.05) is 19.8 Å². The molecule has 0 rings (SSSR count). The van der Waals surface area contributed by atoms with Crippen molar-refractivity contribution in [1.29, 1.82) is 0 Å². The minimum absolute atomic E-state index is 0.196. The summed E-state index contributed by atoms with van der Waals surface area (Å²) in [5, 5.41) is 0. The molecule has 0 fully saturated rings. The van der Waals surface area contributed by atoms with E-state index in [1.807, 2.05) is 0 Å². The Labute approximate surface area is 152 Å². The van der Waals surface area contributed by atoms with Crippen LogP contribution in [0.4, 0.5) is 0 Å². The highest BCUT2D eigenvalue weighted by atomic mass is 28.4. The van der Waals surface area contributed by atoms with E-state index in [0.717, 1.165) is 77.2 Å². The SMILES string of the molecule is CCCCO[Si](CC(CC)C(N)CC)(OCCCC)OCCCC. The fourth-order valence-electron chi connectivity index (χ4n) is 2.67. The molecule has 146 valence electrons. The van der Waals surface area contributed by atoms with Crippen LogP contribution >= 0.6 is 0 Å². The van der Waals surface area contributed by atoms with Gasteiger partial charge in [0.2, 0.25) is 0 Å². The van der Waals surface area contributed by atoms with Gasteiger partial charge in [0.1, 0.15) is 0 Å². The molecule has 2 unspecified atom stereocenters. The highest BCUT2D eigenvalue weighted by molar-refractivity contribution is 6.60. The van der Waals surface area contributed by atoms with Crippen molar-refractivity contribution in [3.05, 3.63) is 0 Å². The summed E-state index contributed by atoms with van der Waals surface area (Å²) in [5.41, 5.74) is 6.35. The monoisotopic (exact) mass is 361 g/mol. The maximum atomic E-state index is 6.35.